The van der Waals surface area contributed by atoms with Gasteiger partial charge in [-0.15, -0.1) is 0 Å². The van der Waals surface area contributed by atoms with Crippen molar-refractivity contribution in [1.82, 2.24) is 4.90 Å². The molecule has 2 atom stereocenters. The Morgan fingerprint density at radius 1 is 1.52 bits per heavy atom. The standard InChI is InChI=1S/C17H28N2O3S/c1-5-14(18-9-7-13(3)20)11-15-16(8-10-23-6-2)19(12-22-4)17(15)21/h7,9,15-16,20H,3,5-6,8,10-12H2,1-2,4H3/b9-7-,18-14?. The number of carbonyl (C=O) groups excluding carboxylic acids is 1. The monoisotopic (exact) mass is 340 g/mol. The molecule has 1 heterocycles. The molecule has 1 aliphatic heterocycles. The molecule has 1 rings (SSSR count). The molecule has 0 bridgehead atoms. The van der Waals surface area contributed by atoms with Gasteiger partial charge < -0.3 is 14.7 Å². The predicted octanol–water partition coefficient (Wildman–Crippen LogP) is 3.39. The van der Waals surface area contributed by atoms with E-state index in [9.17, 15) is 4.79 Å². The first-order chi connectivity index (χ1) is 11.0. The van der Waals surface area contributed by atoms with Crippen LogP contribution in [0.2, 0.25) is 0 Å². The van der Waals surface area contributed by atoms with E-state index in [4.69, 9.17) is 9.84 Å². The van der Waals surface area contributed by atoms with E-state index in [1.807, 2.05) is 23.6 Å². The van der Waals surface area contributed by atoms with Gasteiger partial charge in [-0.3, -0.25) is 9.79 Å². The number of ether oxygens (including phenoxy) is 1. The van der Waals surface area contributed by atoms with Crippen molar-refractivity contribution in [3.63, 3.8) is 0 Å². The molecule has 1 N–H and O–H groups in total. The van der Waals surface area contributed by atoms with E-state index in [0.717, 1.165) is 30.1 Å². The average Bonchev–Trinajstić information content (AvgIpc) is 2.53. The van der Waals surface area contributed by atoms with Crippen LogP contribution in [0, 0.1) is 5.92 Å². The summed E-state index contributed by atoms with van der Waals surface area (Å²) in [7, 11) is 1.62. The Morgan fingerprint density at radius 3 is 2.83 bits per heavy atom. The van der Waals surface area contributed by atoms with Gasteiger partial charge in [0.1, 0.15) is 12.5 Å². The van der Waals surface area contributed by atoms with Crippen LogP contribution in [0.25, 0.3) is 0 Å². The molecule has 2 unspecified atom stereocenters. The third-order valence-electron chi connectivity index (χ3n) is 3.88. The summed E-state index contributed by atoms with van der Waals surface area (Å²) in [6.07, 6.45) is 5.43. The molecule has 0 radical (unpaired) electrons. The number of amides is 1. The number of aliphatic imine (C=N–C) groups is 1. The summed E-state index contributed by atoms with van der Waals surface area (Å²) in [6, 6.07) is 0.232. The molecular weight excluding hydrogens is 312 g/mol. The zero-order chi connectivity index (χ0) is 17.2. The summed E-state index contributed by atoms with van der Waals surface area (Å²) in [6.45, 7) is 7.91. The SMILES string of the molecule is C=C(O)/C=C\N=C(CC)CC1C(=O)N(COC)C1CCSCC. The van der Waals surface area contributed by atoms with Gasteiger partial charge in [0.2, 0.25) is 5.91 Å². The summed E-state index contributed by atoms with van der Waals surface area (Å²) in [4.78, 5) is 18.5. The van der Waals surface area contributed by atoms with E-state index >= 15 is 0 Å². The number of hydrogen-bond donors (Lipinski definition) is 1. The number of hydrogen-bond acceptors (Lipinski definition) is 5. The third kappa shape index (κ3) is 6.03. The highest BCUT2D eigenvalue weighted by molar-refractivity contribution is 7.99. The molecule has 1 saturated heterocycles. The first kappa shape index (κ1) is 19.8. The lowest BCUT2D eigenvalue weighted by Crippen LogP contribution is -2.61. The molecular formula is C17H28N2O3S. The van der Waals surface area contributed by atoms with E-state index in [-0.39, 0.29) is 23.6 Å². The molecule has 0 aromatic rings. The third-order valence-corrected chi connectivity index (χ3v) is 4.82. The number of rotatable bonds is 11. The lowest BCUT2D eigenvalue weighted by molar-refractivity contribution is -0.164. The van der Waals surface area contributed by atoms with E-state index < -0.39 is 0 Å². The number of methoxy groups -OCH3 is 1. The van der Waals surface area contributed by atoms with Crippen LogP contribution in [-0.2, 0) is 9.53 Å². The number of aliphatic hydroxyl groups is 1. The molecule has 1 amide bonds. The maximum absolute atomic E-state index is 12.3. The Balaban J connectivity index is 2.69. The van der Waals surface area contributed by atoms with Crippen molar-refractivity contribution in [2.75, 3.05) is 25.3 Å². The van der Waals surface area contributed by atoms with Gasteiger partial charge in [0, 0.05) is 25.1 Å². The van der Waals surface area contributed by atoms with Crippen molar-refractivity contribution < 1.29 is 14.6 Å². The molecule has 0 aliphatic carbocycles. The van der Waals surface area contributed by atoms with Crippen LogP contribution >= 0.6 is 11.8 Å². The molecule has 1 fully saturated rings. The van der Waals surface area contributed by atoms with Crippen molar-refractivity contribution in [3.05, 3.63) is 24.6 Å². The smallest absolute Gasteiger partial charge is 0.230 e. The van der Waals surface area contributed by atoms with Crippen LogP contribution < -0.4 is 0 Å². The lowest BCUT2D eigenvalue weighted by atomic mass is 9.81. The fourth-order valence-corrected chi connectivity index (χ4v) is 3.37. The topological polar surface area (TPSA) is 62.1 Å². The lowest BCUT2D eigenvalue weighted by Gasteiger charge is -2.47. The zero-order valence-electron chi connectivity index (χ0n) is 14.3. The Morgan fingerprint density at radius 2 is 2.26 bits per heavy atom. The Bertz CT molecular complexity index is 463. The summed E-state index contributed by atoms with van der Waals surface area (Å²) >= 11 is 1.89. The van der Waals surface area contributed by atoms with Gasteiger partial charge in [0.25, 0.3) is 0 Å². The van der Waals surface area contributed by atoms with Gasteiger partial charge in [-0.1, -0.05) is 20.4 Å². The van der Waals surface area contributed by atoms with Gasteiger partial charge in [-0.05, 0) is 36.8 Å². The molecule has 0 spiro atoms. The van der Waals surface area contributed by atoms with E-state index in [1.54, 1.807) is 13.3 Å². The fraction of sp³-hybridized carbons (Fsp3) is 0.647. The Hall–Kier alpha value is -1.27. The molecule has 0 aromatic heterocycles. The second-order valence-electron chi connectivity index (χ2n) is 5.45. The van der Waals surface area contributed by atoms with Crippen LogP contribution in [0.5, 0.6) is 0 Å². The predicted molar refractivity (Wildman–Crippen MR) is 96.9 cm³/mol. The molecule has 6 heteroatoms. The number of allylic oxidation sites excluding steroid dienone is 1. The quantitative estimate of drug-likeness (QED) is 0.206. The number of β-lactam (4-membered cyclic amide) rings is 1. The minimum Gasteiger partial charge on any atom is -0.509 e. The van der Waals surface area contributed by atoms with Gasteiger partial charge in [0.05, 0.1) is 5.92 Å². The van der Waals surface area contributed by atoms with Crippen molar-refractivity contribution >= 4 is 23.4 Å². The van der Waals surface area contributed by atoms with Crippen molar-refractivity contribution in [3.8, 4) is 0 Å². The summed E-state index contributed by atoms with van der Waals surface area (Å²) in [5.41, 5.74) is 0.964. The van der Waals surface area contributed by atoms with Gasteiger partial charge in [-0.25, -0.2) is 0 Å². The number of aliphatic hydroxyl groups excluding tert-OH is 1. The molecule has 1 aliphatic rings. The number of carbonyl (C=O) groups is 1. The summed E-state index contributed by atoms with van der Waals surface area (Å²) in [5.74, 6) is 2.26. The van der Waals surface area contributed by atoms with Crippen LogP contribution in [-0.4, -0.2) is 53.0 Å². The first-order valence-corrected chi connectivity index (χ1v) is 9.17. The highest BCUT2D eigenvalue weighted by Gasteiger charge is 2.46. The van der Waals surface area contributed by atoms with Crippen molar-refractivity contribution in [1.29, 1.82) is 0 Å². The average molecular weight is 340 g/mol. The largest absolute Gasteiger partial charge is 0.509 e. The molecule has 23 heavy (non-hydrogen) atoms. The Labute approximate surface area is 143 Å². The molecule has 130 valence electrons. The van der Waals surface area contributed by atoms with E-state index in [0.29, 0.717) is 13.2 Å². The Kier molecular flexibility index (Phi) is 9.02. The van der Waals surface area contributed by atoms with Crippen LogP contribution in [0.4, 0.5) is 0 Å². The normalized spacial score (nSPS) is 21.8. The van der Waals surface area contributed by atoms with Crippen molar-refractivity contribution in [2.45, 2.75) is 39.2 Å². The number of likely N-dealkylation sites (tertiary alicyclic amines) is 1. The molecule has 0 saturated carbocycles. The zero-order valence-corrected chi connectivity index (χ0v) is 15.1. The van der Waals surface area contributed by atoms with Crippen LogP contribution in [0.3, 0.4) is 0 Å². The van der Waals surface area contributed by atoms with Crippen molar-refractivity contribution in [2.24, 2.45) is 10.9 Å². The minimum absolute atomic E-state index is 0.00738. The van der Waals surface area contributed by atoms with Gasteiger partial charge in [0.15, 0.2) is 0 Å². The molecule has 0 aromatic carbocycles. The minimum atomic E-state index is -0.0235. The van der Waals surface area contributed by atoms with Crippen LogP contribution in [0.1, 0.15) is 33.1 Å². The summed E-state index contributed by atoms with van der Waals surface area (Å²) < 4.78 is 5.14. The van der Waals surface area contributed by atoms with E-state index in [2.05, 4.69) is 18.5 Å². The van der Waals surface area contributed by atoms with Gasteiger partial charge >= 0.3 is 0 Å². The highest BCUT2D eigenvalue weighted by atomic mass is 32.2. The van der Waals surface area contributed by atoms with Gasteiger partial charge in [-0.2, -0.15) is 11.8 Å². The molecule has 5 nitrogen and oxygen atoms in total. The highest BCUT2D eigenvalue weighted by Crippen LogP contribution is 2.33. The number of thioether (sulfide) groups is 1. The second-order valence-corrected chi connectivity index (χ2v) is 6.84. The summed E-state index contributed by atoms with van der Waals surface area (Å²) in [5, 5.41) is 9.05. The second kappa shape index (κ2) is 10.5. The first-order valence-electron chi connectivity index (χ1n) is 8.02. The maximum atomic E-state index is 12.3. The fourth-order valence-electron chi connectivity index (χ4n) is 2.67. The number of nitrogens with zero attached hydrogens (tertiary/aromatic N) is 2. The van der Waals surface area contributed by atoms with Crippen LogP contribution in [0.15, 0.2) is 29.6 Å². The maximum Gasteiger partial charge on any atom is 0.230 e. The van der Waals surface area contributed by atoms with E-state index in [1.165, 1.54) is 6.08 Å².